The predicted molar refractivity (Wildman–Crippen MR) is 37.1 cm³/mol. The zero-order chi connectivity index (χ0) is 6.53. The Morgan fingerprint density at radius 2 is 2.44 bits per heavy atom. The summed E-state index contributed by atoms with van der Waals surface area (Å²) in [5.41, 5.74) is 1.31. The van der Waals surface area contributed by atoms with Gasteiger partial charge in [-0.05, 0) is 25.3 Å². The molecule has 0 amide bonds. The van der Waals surface area contributed by atoms with Gasteiger partial charge in [-0.25, -0.2) is 0 Å². The van der Waals surface area contributed by atoms with Gasteiger partial charge in [-0.3, -0.25) is 4.79 Å². The Morgan fingerprint density at radius 1 is 1.56 bits per heavy atom. The van der Waals surface area contributed by atoms with Crippen LogP contribution in [0.2, 0.25) is 0 Å². The van der Waals surface area contributed by atoms with Gasteiger partial charge in [0.05, 0.1) is 0 Å². The van der Waals surface area contributed by atoms with E-state index in [9.17, 15) is 4.79 Å². The lowest BCUT2D eigenvalue weighted by Gasteiger charge is -1.85. The van der Waals surface area contributed by atoms with Crippen molar-refractivity contribution in [3.8, 4) is 0 Å². The Kier molecular flexibility index (Phi) is 2.25. The predicted octanol–water partition coefficient (Wildman–Crippen LogP) is 1.85. The smallest absolute Gasteiger partial charge is 0.142 e. The summed E-state index contributed by atoms with van der Waals surface area (Å²) in [7, 11) is 0. The molecule has 0 aromatic heterocycles. The van der Waals surface area contributed by atoms with E-state index in [1.54, 1.807) is 6.08 Å². The minimum absolute atomic E-state index is 0.819. The Balaban J connectivity index is 2.42. The Morgan fingerprint density at radius 3 is 3.00 bits per heavy atom. The van der Waals surface area contributed by atoms with E-state index in [4.69, 9.17) is 0 Å². The normalized spacial score (nSPS) is 18.4. The van der Waals surface area contributed by atoms with Crippen molar-refractivity contribution in [3.05, 3.63) is 23.8 Å². The van der Waals surface area contributed by atoms with Crippen LogP contribution in [0.25, 0.3) is 0 Å². The van der Waals surface area contributed by atoms with E-state index in [0.29, 0.717) is 0 Å². The van der Waals surface area contributed by atoms with Crippen molar-refractivity contribution in [1.29, 1.82) is 0 Å². The molecule has 48 valence electrons. The van der Waals surface area contributed by atoms with Crippen LogP contribution in [-0.4, -0.2) is 6.29 Å². The average Bonchev–Trinajstić information content (AvgIpc) is 2.34. The zero-order valence-electron chi connectivity index (χ0n) is 5.34. The van der Waals surface area contributed by atoms with Crippen LogP contribution in [0.4, 0.5) is 0 Å². The molecule has 0 spiro atoms. The van der Waals surface area contributed by atoms with Crippen LogP contribution < -0.4 is 0 Å². The van der Waals surface area contributed by atoms with Gasteiger partial charge in [0.1, 0.15) is 6.29 Å². The second-order valence-electron chi connectivity index (χ2n) is 2.17. The maximum Gasteiger partial charge on any atom is 0.142 e. The van der Waals surface area contributed by atoms with Crippen molar-refractivity contribution in [1.82, 2.24) is 0 Å². The van der Waals surface area contributed by atoms with Gasteiger partial charge < -0.3 is 0 Å². The third kappa shape index (κ3) is 1.84. The lowest BCUT2D eigenvalue weighted by atomic mass is 10.2. The number of aldehydes is 1. The van der Waals surface area contributed by atoms with E-state index in [0.717, 1.165) is 12.7 Å². The van der Waals surface area contributed by atoms with E-state index < -0.39 is 0 Å². The lowest BCUT2D eigenvalue weighted by Crippen LogP contribution is -1.68. The second kappa shape index (κ2) is 3.23. The van der Waals surface area contributed by atoms with Crippen LogP contribution in [0.3, 0.4) is 0 Å². The first-order valence-electron chi connectivity index (χ1n) is 3.24. The first-order valence-corrected chi connectivity index (χ1v) is 3.24. The summed E-state index contributed by atoms with van der Waals surface area (Å²) in [6.07, 6.45) is 10.0. The fourth-order valence-corrected chi connectivity index (χ4v) is 1.01. The van der Waals surface area contributed by atoms with Crippen LogP contribution in [0.15, 0.2) is 23.8 Å². The van der Waals surface area contributed by atoms with Gasteiger partial charge in [0.15, 0.2) is 0 Å². The van der Waals surface area contributed by atoms with Crippen molar-refractivity contribution in [2.24, 2.45) is 0 Å². The van der Waals surface area contributed by atoms with Crippen LogP contribution in [0.5, 0.6) is 0 Å². The van der Waals surface area contributed by atoms with E-state index in [-0.39, 0.29) is 0 Å². The number of allylic oxidation sites excluding steroid dienone is 4. The number of carbonyl (C=O) groups is 1. The highest BCUT2D eigenvalue weighted by Crippen LogP contribution is 2.17. The Bertz CT molecular complexity index is 154. The molecule has 0 unspecified atom stereocenters. The van der Waals surface area contributed by atoms with Crippen molar-refractivity contribution < 1.29 is 4.79 Å². The Hall–Kier alpha value is -0.850. The Labute approximate surface area is 55.1 Å². The first-order chi connectivity index (χ1) is 4.43. The molecule has 0 bridgehead atoms. The largest absolute Gasteiger partial charge is 0.299 e. The molecule has 9 heavy (non-hydrogen) atoms. The quantitative estimate of drug-likeness (QED) is 0.403. The molecule has 0 heterocycles. The highest BCUT2D eigenvalue weighted by molar-refractivity contribution is 5.65. The maximum atomic E-state index is 9.85. The van der Waals surface area contributed by atoms with Gasteiger partial charge in [-0.1, -0.05) is 17.7 Å². The maximum absolute atomic E-state index is 9.85. The number of hydrogen-bond acceptors (Lipinski definition) is 1. The molecule has 0 N–H and O–H groups in total. The number of carbonyl (C=O) groups excluding carboxylic acids is 1. The van der Waals surface area contributed by atoms with Gasteiger partial charge in [0.25, 0.3) is 0 Å². The molecule has 1 nitrogen and oxygen atoms in total. The highest BCUT2D eigenvalue weighted by Gasteiger charge is 1.98. The zero-order valence-corrected chi connectivity index (χ0v) is 5.34. The second-order valence-corrected chi connectivity index (χ2v) is 2.17. The van der Waals surface area contributed by atoms with E-state index in [1.165, 1.54) is 18.4 Å². The van der Waals surface area contributed by atoms with E-state index >= 15 is 0 Å². The molecule has 0 aliphatic heterocycles. The fraction of sp³-hybridized carbons (Fsp3) is 0.375. The molecular weight excluding hydrogens is 112 g/mol. The van der Waals surface area contributed by atoms with Crippen molar-refractivity contribution in [2.45, 2.75) is 19.3 Å². The topological polar surface area (TPSA) is 17.1 Å². The number of hydrogen-bond donors (Lipinski definition) is 0. The van der Waals surface area contributed by atoms with Gasteiger partial charge >= 0.3 is 0 Å². The minimum atomic E-state index is 0.819. The van der Waals surface area contributed by atoms with Crippen molar-refractivity contribution in [3.63, 3.8) is 0 Å². The molecule has 0 atom stereocenters. The average molecular weight is 122 g/mol. The molecular formula is C8H10O. The first kappa shape index (κ1) is 6.27. The molecule has 1 rings (SSSR count). The molecule has 1 heteroatoms. The third-order valence-electron chi connectivity index (χ3n) is 1.46. The fourth-order valence-electron chi connectivity index (χ4n) is 1.01. The summed E-state index contributed by atoms with van der Waals surface area (Å²) in [5.74, 6) is 0. The van der Waals surface area contributed by atoms with Gasteiger partial charge in [0, 0.05) is 0 Å². The summed E-state index contributed by atoms with van der Waals surface area (Å²) in [6.45, 7) is 0. The monoisotopic (exact) mass is 122 g/mol. The van der Waals surface area contributed by atoms with Crippen molar-refractivity contribution in [2.75, 3.05) is 0 Å². The van der Waals surface area contributed by atoms with Crippen LogP contribution in [0, 0.1) is 0 Å². The van der Waals surface area contributed by atoms with Crippen molar-refractivity contribution >= 4 is 6.29 Å². The van der Waals surface area contributed by atoms with E-state index in [1.807, 2.05) is 6.08 Å². The molecule has 0 saturated heterocycles. The lowest BCUT2D eigenvalue weighted by molar-refractivity contribution is -0.104. The summed E-state index contributed by atoms with van der Waals surface area (Å²) < 4.78 is 0. The third-order valence-corrected chi connectivity index (χ3v) is 1.46. The molecule has 0 fully saturated rings. The van der Waals surface area contributed by atoms with Crippen LogP contribution >= 0.6 is 0 Å². The molecule has 1 aliphatic carbocycles. The molecule has 0 radical (unpaired) electrons. The number of rotatable bonds is 2. The van der Waals surface area contributed by atoms with E-state index in [2.05, 4.69) is 6.08 Å². The van der Waals surface area contributed by atoms with Gasteiger partial charge in [0.2, 0.25) is 0 Å². The molecule has 0 aromatic carbocycles. The highest BCUT2D eigenvalue weighted by atomic mass is 16.1. The SMILES string of the molecule is O=CC=CC1=CCCC1. The minimum Gasteiger partial charge on any atom is -0.299 e. The summed E-state index contributed by atoms with van der Waals surface area (Å²) in [4.78, 5) is 9.85. The molecule has 0 saturated carbocycles. The summed E-state index contributed by atoms with van der Waals surface area (Å²) >= 11 is 0. The molecule has 0 aromatic rings. The standard InChI is InChI=1S/C8H10O/c9-7-3-6-8-4-1-2-5-8/h3-4,6-7H,1-2,5H2. The summed E-state index contributed by atoms with van der Waals surface area (Å²) in [6, 6.07) is 0. The van der Waals surface area contributed by atoms with Gasteiger partial charge in [-0.15, -0.1) is 0 Å². The van der Waals surface area contributed by atoms with Crippen LogP contribution in [0.1, 0.15) is 19.3 Å². The molecule has 1 aliphatic rings. The van der Waals surface area contributed by atoms with Crippen LogP contribution in [-0.2, 0) is 4.79 Å². The summed E-state index contributed by atoms with van der Waals surface area (Å²) in [5, 5.41) is 0. The van der Waals surface area contributed by atoms with Gasteiger partial charge in [-0.2, -0.15) is 0 Å².